The Labute approximate surface area is 196 Å². The number of carbonyl (C=O) groups is 1. The van der Waals surface area contributed by atoms with Gasteiger partial charge in [0, 0.05) is 34.0 Å². The van der Waals surface area contributed by atoms with Gasteiger partial charge in [-0.2, -0.15) is 0 Å². The van der Waals surface area contributed by atoms with Crippen molar-refractivity contribution in [2.24, 2.45) is 5.73 Å². The van der Waals surface area contributed by atoms with E-state index in [1.807, 2.05) is 54.6 Å². The maximum Gasteiger partial charge on any atom is 0.310 e. The lowest BCUT2D eigenvalue weighted by Gasteiger charge is -2.13. The van der Waals surface area contributed by atoms with Crippen LogP contribution in [0.1, 0.15) is 23.6 Å². The number of nitrogens with two attached hydrogens (primary N) is 1. The smallest absolute Gasteiger partial charge is 0.310 e. The molecule has 0 radical (unpaired) electrons. The average Bonchev–Trinajstić information content (AvgIpc) is 3.52. The molecule has 3 aromatic carbocycles. The van der Waals surface area contributed by atoms with Gasteiger partial charge in [-0.05, 0) is 60.5 Å². The number of ether oxygens (including phenoxy) is 2. The molecular formula is C28H25NO5. The predicted molar refractivity (Wildman–Crippen MR) is 130 cm³/mol. The van der Waals surface area contributed by atoms with Gasteiger partial charge >= 0.3 is 5.97 Å². The quantitative estimate of drug-likeness (QED) is 0.289. The van der Waals surface area contributed by atoms with Crippen molar-refractivity contribution in [1.82, 2.24) is 0 Å². The molecule has 0 saturated carbocycles. The first-order valence-corrected chi connectivity index (χ1v) is 11.2. The molecule has 2 heterocycles. The normalized spacial score (nSPS) is 11.2. The van der Waals surface area contributed by atoms with Crippen LogP contribution in [0.2, 0.25) is 0 Å². The van der Waals surface area contributed by atoms with Crippen LogP contribution >= 0.6 is 0 Å². The van der Waals surface area contributed by atoms with Gasteiger partial charge in [-0.1, -0.05) is 18.2 Å². The van der Waals surface area contributed by atoms with Crippen molar-refractivity contribution >= 4 is 27.9 Å². The van der Waals surface area contributed by atoms with Crippen LogP contribution in [0.4, 0.5) is 0 Å². The largest absolute Gasteiger partial charge is 0.489 e. The fourth-order valence-electron chi connectivity index (χ4n) is 4.21. The summed E-state index contributed by atoms with van der Waals surface area (Å²) >= 11 is 0. The number of carbonyl (C=O) groups excluding carboxylic acids is 1. The van der Waals surface area contributed by atoms with Gasteiger partial charge in [0.1, 0.15) is 23.5 Å². The Kier molecular flexibility index (Phi) is 6.06. The molecule has 5 aromatic rings. The Hall–Kier alpha value is -4.03. The predicted octanol–water partition coefficient (Wildman–Crippen LogP) is 5.99. The lowest BCUT2D eigenvalue weighted by Crippen LogP contribution is -2.09. The van der Waals surface area contributed by atoms with Gasteiger partial charge in [0.15, 0.2) is 0 Å². The van der Waals surface area contributed by atoms with Crippen LogP contribution in [0.25, 0.3) is 33.1 Å². The van der Waals surface area contributed by atoms with Gasteiger partial charge in [-0.15, -0.1) is 0 Å². The first-order valence-electron chi connectivity index (χ1n) is 11.2. The molecule has 2 N–H and O–H groups in total. The Morgan fingerprint density at radius 2 is 1.53 bits per heavy atom. The fraction of sp³-hybridized carbons (Fsp3) is 0.179. The Morgan fingerprint density at radius 3 is 2.21 bits per heavy atom. The van der Waals surface area contributed by atoms with Crippen molar-refractivity contribution < 1.29 is 23.1 Å². The molecule has 0 atom stereocenters. The minimum Gasteiger partial charge on any atom is -0.489 e. The molecule has 0 fully saturated rings. The molecule has 0 aliphatic rings. The van der Waals surface area contributed by atoms with Crippen molar-refractivity contribution in [3.05, 3.63) is 89.9 Å². The molecule has 6 nitrogen and oxygen atoms in total. The Balaban J connectivity index is 1.50. The van der Waals surface area contributed by atoms with E-state index < -0.39 is 0 Å². The Bertz CT molecular complexity index is 1460. The number of furan rings is 2. The third-order valence-corrected chi connectivity index (χ3v) is 5.75. The maximum absolute atomic E-state index is 12.0. The second-order valence-electron chi connectivity index (χ2n) is 8.05. The highest BCUT2D eigenvalue weighted by atomic mass is 16.5. The van der Waals surface area contributed by atoms with E-state index in [9.17, 15) is 4.79 Å². The van der Waals surface area contributed by atoms with Gasteiger partial charge in [-0.25, -0.2) is 0 Å². The van der Waals surface area contributed by atoms with Crippen LogP contribution < -0.4 is 10.5 Å². The standard InChI is InChI=1S/C28H25NO5/c1-2-31-26(30)15-20-5-3-4-6-25(20)34-17-19-12-22-8-10-33-28(22)24(14-19)23-13-18(16-29)11-21-7-9-32-27(21)23/h3-14H,2,15-17,29H2,1H3. The molecular weight excluding hydrogens is 430 g/mol. The summed E-state index contributed by atoms with van der Waals surface area (Å²) in [7, 11) is 0. The molecule has 6 heteroatoms. The van der Waals surface area contributed by atoms with E-state index in [-0.39, 0.29) is 12.4 Å². The number of rotatable bonds is 8. The minimum atomic E-state index is -0.275. The van der Waals surface area contributed by atoms with Gasteiger partial charge < -0.3 is 24.0 Å². The SMILES string of the molecule is CCOC(=O)Cc1ccccc1OCc1cc(-c2cc(CN)cc3ccoc23)c2occc2c1. The first-order chi connectivity index (χ1) is 16.7. The molecule has 2 aromatic heterocycles. The van der Waals surface area contributed by atoms with E-state index >= 15 is 0 Å². The van der Waals surface area contributed by atoms with Crippen molar-refractivity contribution in [3.63, 3.8) is 0 Å². The second-order valence-corrected chi connectivity index (χ2v) is 8.05. The summed E-state index contributed by atoms with van der Waals surface area (Å²) in [6, 6.07) is 19.6. The third kappa shape index (κ3) is 4.28. The lowest BCUT2D eigenvalue weighted by molar-refractivity contribution is -0.142. The number of hydrogen-bond donors (Lipinski definition) is 1. The lowest BCUT2D eigenvalue weighted by atomic mass is 9.97. The van der Waals surface area contributed by atoms with Crippen LogP contribution in [0.5, 0.6) is 5.75 Å². The summed E-state index contributed by atoms with van der Waals surface area (Å²) < 4.78 is 22.9. The molecule has 0 aliphatic heterocycles. The molecule has 0 bridgehead atoms. The molecule has 0 saturated heterocycles. The maximum atomic E-state index is 12.0. The van der Waals surface area contributed by atoms with Crippen molar-refractivity contribution in [2.75, 3.05) is 6.61 Å². The topological polar surface area (TPSA) is 87.8 Å². The number of benzene rings is 3. The zero-order valence-corrected chi connectivity index (χ0v) is 18.9. The average molecular weight is 456 g/mol. The van der Waals surface area contributed by atoms with Crippen LogP contribution in [-0.2, 0) is 29.1 Å². The highest BCUT2D eigenvalue weighted by Gasteiger charge is 2.16. The van der Waals surface area contributed by atoms with E-state index in [0.29, 0.717) is 25.5 Å². The molecule has 5 rings (SSSR count). The van der Waals surface area contributed by atoms with Gasteiger partial charge in [-0.3, -0.25) is 4.79 Å². The molecule has 0 spiro atoms. The first kappa shape index (κ1) is 21.8. The summed E-state index contributed by atoms with van der Waals surface area (Å²) in [6.07, 6.45) is 3.53. The van der Waals surface area contributed by atoms with Crippen LogP contribution in [0.3, 0.4) is 0 Å². The molecule has 34 heavy (non-hydrogen) atoms. The minimum absolute atomic E-state index is 0.165. The highest BCUT2D eigenvalue weighted by molar-refractivity contribution is 6.01. The summed E-state index contributed by atoms with van der Waals surface area (Å²) in [6.45, 7) is 2.90. The number of fused-ring (bicyclic) bond motifs is 2. The molecule has 0 aliphatic carbocycles. The third-order valence-electron chi connectivity index (χ3n) is 5.75. The summed E-state index contributed by atoms with van der Waals surface area (Å²) in [5.41, 5.74) is 12.1. The van der Waals surface area contributed by atoms with Gasteiger partial charge in [0.05, 0.1) is 25.6 Å². The van der Waals surface area contributed by atoms with Crippen molar-refractivity contribution in [3.8, 4) is 16.9 Å². The summed E-state index contributed by atoms with van der Waals surface area (Å²) in [5, 5.41) is 1.96. The van der Waals surface area contributed by atoms with Crippen LogP contribution in [0.15, 0.2) is 82.0 Å². The number of esters is 1. The number of hydrogen-bond acceptors (Lipinski definition) is 6. The monoisotopic (exact) mass is 455 g/mol. The van der Waals surface area contributed by atoms with Crippen LogP contribution in [0, 0.1) is 0 Å². The van der Waals surface area contributed by atoms with Crippen molar-refractivity contribution in [2.45, 2.75) is 26.5 Å². The molecule has 0 amide bonds. The van der Waals surface area contributed by atoms with E-state index in [0.717, 1.165) is 49.8 Å². The molecule has 0 unspecified atom stereocenters. The molecule has 172 valence electrons. The van der Waals surface area contributed by atoms with E-state index in [4.69, 9.17) is 24.0 Å². The van der Waals surface area contributed by atoms with Crippen LogP contribution in [-0.4, -0.2) is 12.6 Å². The summed E-state index contributed by atoms with van der Waals surface area (Å²) in [4.78, 5) is 12.0. The van der Waals surface area contributed by atoms with E-state index in [1.165, 1.54) is 0 Å². The number of para-hydroxylation sites is 1. The second kappa shape index (κ2) is 9.45. The van der Waals surface area contributed by atoms with E-state index in [1.54, 1.807) is 19.5 Å². The van der Waals surface area contributed by atoms with Crippen molar-refractivity contribution in [1.29, 1.82) is 0 Å². The highest BCUT2D eigenvalue weighted by Crippen LogP contribution is 2.37. The zero-order valence-electron chi connectivity index (χ0n) is 18.9. The fourth-order valence-corrected chi connectivity index (χ4v) is 4.21. The zero-order chi connectivity index (χ0) is 23.5. The van der Waals surface area contributed by atoms with E-state index in [2.05, 4.69) is 6.07 Å². The summed E-state index contributed by atoms with van der Waals surface area (Å²) in [5.74, 6) is 0.380. The van der Waals surface area contributed by atoms with Gasteiger partial charge in [0.2, 0.25) is 0 Å². The Morgan fingerprint density at radius 1 is 0.882 bits per heavy atom. The van der Waals surface area contributed by atoms with Gasteiger partial charge in [0.25, 0.3) is 0 Å².